The van der Waals surface area contributed by atoms with Gasteiger partial charge in [0.05, 0.1) is 5.56 Å². The minimum absolute atomic E-state index is 0.346. The highest BCUT2D eigenvalue weighted by Gasteiger charge is 2.34. The second kappa shape index (κ2) is 7.78. The van der Waals surface area contributed by atoms with Gasteiger partial charge in [-0.3, -0.25) is 0 Å². The fraction of sp³-hybridized carbons (Fsp3) is 0.625. The van der Waals surface area contributed by atoms with Crippen molar-refractivity contribution in [2.75, 3.05) is 0 Å². The van der Waals surface area contributed by atoms with Crippen molar-refractivity contribution in [1.82, 2.24) is 0 Å². The predicted octanol–water partition coefficient (Wildman–Crippen LogP) is 5.45. The van der Waals surface area contributed by atoms with Crippen LogP contribution in [0.5, 0.6) is 0 Å². The lowest BCUT2D eigenvalue weighted by molar-refractivity contribution is -0.140. The molecule has 1 aromatic carbocycles. The number of benzene rings is 1. The van der Waals surface area contributed by atoms with Crippen molar-refractivity contribution in [3.05, 3.63) is 35.1 Å². The van der Waals surface area contributed by atoms with Gasteiger partial charge in [0.2, 0.25) is 0 Å². The van der Waals surface area contributed by atoms with Gasteiger partial charge in [0.15, 0.2) is 0 Å². The van der Waals surface area contributed by atoms with E-state index in [9.17, 15) is 17.6 Å². The Kier molecular flexibility index (Phi) is 6.65. The fourth-order valence-corrected chi connectivity index (χ4v) is 2.47. The van der Waals surface area contributed by atoms with Crippen LogP contribution in [0.4, 0.5) is 17.6 Å². The van der Waals surface area contributed by atoms with E-state index in [0.717, 1.165) is 37.8 Å². The summed E-state index contributed by atoms with van der Waals surface area (Å²) < 4.78 is 51.4. The normalized spacial score (nSPS) is 15.0. The van der Waals surface area contributed by atoms with E-state index >= 15 is 0 Å². The zero-order valence-electron chi connectivity index (χ0n) is 12.5. The quantitative estimate of drug-likeness (QED) is 0.666. The van der Waals surface area contributed by atoms with Crippen LogP contribution in [0.15, 0.2) is 18.2 Å². The molecule has 0 aliphatic heterocycles. The van der Waals surface area contributed by atoms with Crippen LogP contribution in [-0.4, -0.2) is 0 Å². The molecule has 2 atom stereocenters. The zero-order chi connectivity index (χ0) is 16.0. The van der Waals surface area contributed by atoms with Gasteiger partial charge < -0.3 is 5.73 Å². The van der Waals surface area contributed by atoms with E-state index in [1.54, 1.807) is 0 Å². The van der Waals surface area contributed by atoms with Crippen molar-refractivity contribution in [1.29, 1.82) is 0 Å². The van der Waals surface area contributed by atoms with Gasteiger partial charge >= 0.3 is 6.18 Å². The molecule has 21 heavy (non-hydrogen) atoms. The van der Waals surface area contributed by atoms with E-state index in [2.05, 4.69) is 13.8 Å². The van der Waals surface area contributed by atoms with E-state index in [1.807, 2.05) is 0 Å². The molecule has 0 aromatic heterocycles. The molecule has 0 saturated heterocycles. The van der Waals surface area contributed by atoms with Gasteiger partial charge in [-0.1, -0.05) is 45.6 Å². The van der Waals surface area contributed by atoms with E-state index < -0.39 is 23.6 Å². The molecule has 2 N–H and O–H groups in total. The molecule has 0 aliphatic rings. The summed E-state index contributed by atoms with van der Waals surface area (Å²) in [5, 5.41) is 0. The van der Waals surface area contributed by atoms with E-state index in [-0.39, 0.29) is 0 Å². The van der Waals surface area contributed by atoms with Crippen molar-refractivity contribution in [2.45, 2.75) is 58.2 Å². The number of rotatable bonds is 7. The second-order valence-electron chi connectivity index (χ2n) is 5.50. The fourth-order valence-electron chi connectivity index (χ4n) is 2.47. The summed E-state index contributed by atoms with van der Waals surface area (Å²) in [6.45, 7) is 4.15. The van der Waals surface area contributed by atoms with Crippen LogP contribution >= 0.6 is 0 Å². The third-order valence-electron chi connectivity index (χ3n) is 3.85. The summed E-state index contributed by atoms with van der Waals surface area (Å²) >= 11 is 0. The van der Waals surface area contributed by atoms with Crippen molar-refractivity contribution >= 4 is 0 Å². The van der Waals surface area contributed by atoms with Crippen molar-refractivity contribution in [2.24, 2.45) is 11.7 Å². The molecule has 0 spiro atoms. The largest absolute Gasteiger partial charge is 0.419 e. The zero-order valence-corrected chi connectivity index (χ0v) is 12.5. The minimum Gasteiger partial charge on any atom is -0.324 e. The minimum atomic E-state index is -4.69. The van der Waals surface area contributed by atoms with Crippen LogP contribution in [0, 0.1) is 11.7 Å². The van der Waals surface area contributed by atoms with Gasteiger partial charge in [0, 0.05) is 6.04 Å². The molecule has 0 fully saturated rings. The lowest BCUT2D eigenvalue weighted by Crippen LogP contribution is -2.17. The highest BCUT2D eigenvalue weighted by Crippen LogP contribution is 2.34. The molecule has 0 saturated carbocycles. The number of hydrogen-bond acceptors (Lipinski definition) is 1. The molecule has 1 nitrogen and oxygen atoms in total. The molecular weight excluding hydrogens is 282 g/mol. The summed E-state index contributed by atoms with van der Waals surface area (Å²) in [6, 6.07) is 2.55. The van der Waals surface area contributed by atoms with Gasteiger partial charge in [-0.05, 0) is 30.0 Å². The Bertz CT molecular complexity index is 442. The Hall–Kier alpha value is -1.10. The third-order valence-corrected chi connectivity index (χ3v) is 3.85. The Balaban J connectivity index is 2.85. The first-order valence-electron chi connectivity index (χ1n) is 7.41. The van der Waals surface area contributed by atoms with Gasteiger partial charge in [-0.25, -0.2) is 4.39 Å². The van der Waals surface area contributed by atoms with Crippen LogP contribution < -0.4 is 5.73 Å². The molecule has 5 heteroatoms. The molecule has 2 unspecified atom stereocenters. The SMILES string of the molecule is CCCCC(CC)CC(N)c1ccc(F)c(C(F)(F)F)c1. The number of hydrogen-bond donors (Lipinski definition) is 1. The Labute approximate surface area is 123 Å². The first kappa shape index (κ1) is 18.0. The second-order valence-corrected chi connectivity index (χ2v) is 5.50. The molecular formula is C16H23F4N. The maximum Gasteiger partial charge on any atom is 0.419 e. The summed E-state index contributed by atoms with van der Waals surface area (Å²) in [7, 11) is 0. The molecule has 1 aromatic rings. The van der Waals surface area contributed by atoms with Crippen molar-refractivity contribution < 1.29 is 17.6 Å². The average Bonchev–Trinajstić information content (AvgIpc) is 2.42. The van der Waals surface area contributed by atoms with Crippen LogP contribution in [0.1, 0.15) is 63.1 Å². The van der Waals surface area contributed by atoms with Crippen LogP contribution in [0.25, 0.3) is 0 Å². The van der Waals surface area contributed by atoms with E-state index in [4.69, 9.17) is 5.73 Å². The van der Waals surface area contributed by atoms with Gasteiger partial charge in [-0.15, -0.1) is 0 Å². The molecule has 0 aliphatic carbocycles. The summed E-state index contributed by atoms with van der Waals surface area (Å²) in [6.07, 6.45) is 0.0730. The molecule has 0 radical (unpaired) electrons. The number of alkyl halides is 3. The summed E-state index contributed by atoms with van der Waals surface area (Å²) in [4.78, 5) is 0. The number of nitrogens with two attached hydrogens (primary N) is 1. The summed E-state index contributed by atoms with van der Waals surface area (Å²) in [5.41, 5.74) is 5.12. The first-order valence-corrected chi connectivity index (χ1v) is 7.41. The summed E-state index contributed by atoms with van der Waals surface area (Å²) in [5.74, 6) is -0.865. The molecule has 0 bridgehead atoms. The van der Waals surface area contributed by atoms with E-state index in [0.29, 0.717) is 17.9 Å². The smallest absolute Gasteiger partial charge is 0.324 e. The van der Waals surface area contributed by atoms with Crippen LogP contribution in [-0.2, 0) is 6.18 Å². The lowest BCUT2D eigenvalue weighted by Gasteiger charge is -2.21. The number of halogens is 4. The topological polar surface area (TPSA) is 26.0 Å². The lowest BCUT2D eigenvalue weighted by atomic mass is 9.89. The van der Waals surface area contributed by atoms with Crippen LogP contribution in [0.2, 0.25) is 0 Å². The van der Waals surface area contributed by atoms with Gasteiger partial charge in [0.1, 0.15) is 5.82 Å². The van der Waals surface area contributed by atoms with Crippen molar-refractivity contribution in [3.63, 3.8) is 0 Å². The number of unbranched alkanes of at least 4 members (excludes halogenated alkanes) is 1. The average molecular weight is 305 g/mol. The maximum atomic E-state index is 13.3. The molecule has 1 rings (SSSR count). The highest BCUT2D eigenvalue weighted by molar-refractivity contribution is 5.29. The van der Waals surface area contributed by atoms with Gasteiger partial charge in [-0.2, -0.15) is 13.2 Å². The Morgan fingerprint density at radius 1 is 1.19 bits per heavy atom. The molecule has 120 valence electrons. The van der Waals surface area contributed by atoms with Crippen molar-refractivity contribution in [3.8, 4) is 0 Å². The maximum absolute atomic E-state index is 13.3. The third kappa shape index (κ3) is 5.30. The Morgan fingerprint density at radius 3 is 2.38 bits per heavy atom. The van der Waals surface area contributed by atoms with Crippen LogP contribution in [0.3, 0.4) is 0 Å². The van der Waals surface area contributed by atoms with Gasteiger partial charge in [0.25, 0.3) is 0 Å². The molecule has 0 heterocycles. The highest BCUT2D eigenvalue weighted by atomic mass is 19.4. The predicted molar refractivity (Wildman–Crippen MR) is 76.3 cm³/mol. The first-order chi connectivity index (χ1) is 9.79. The molecule has 0 amide bonds. The monoisotopic (exact) mass is 305 g/mol. The standard InChI is InChI=1S/C16H23F4N/c1-3-5-6-11(4-2)9-15(21)12-7-8-14(17)13(10-12)16(18,19)20/h7-8,10-11,15H,3-6,9,21H2,1-2H3. The van der Waals surface area contributed by atoms with E-state index in [1.165, 1.54) is 6.07 Å². The Morgan fingerprint density at radius 2 is 1.86 bits per heavy atom.